The quantitative estimate of drug-likeness (QED) is 0.851. The van der Waals surface area contributed by atoms with Crippen LogP contribution in [0.5, 0.6) is 5.75 Å². The summed E-state index contributed by atoms with van der Waals surface area (Å²) >= 11 is 0. The van der Waals surface area contributed by atoms with Gasteiger partial charge in [-0.05, 0) is 37.6 Å². The van der Waals surface area contributed by atoms with Crippen molar-refractivity contribution >= 4 is 0 Å². The summed E-state index contributed by atoms with van der Waals surface area (Å²) in [5.74, 6) is 2.57. The van der Waals surface area contributed by atoms with Crippen LogP contribution in [0.2, 0.25) is 0 Å². The lowest BCUT2D eigenvalue weighted by Crippen LogP contribution is -2.19. The van der Waals surface area contributed by atoms with Gasteiger partial charge in [-0.3, -0.25) is 0 Å². The molecule has 1 aromatic carbocycles. The Labute approximate surface area is 126 Å². The van der Waals surface area contributed by atoms with Gasteiger partial charge >= 0.3 is 0 Å². The van der Waals surface area contributed by atoms with E-state index in [2.05, 4.69) is 41.5 Å². The maximum atomic E-state index is 5.77. The Kier molecular flexibility index (Phi) is 5.33. The van der Waals surface area contributed by atoms with Crippen LogP contribution < -0.4 is 10.1 Å². The Morgan fingerprint density at radius 1 is 1.19 bits per heavy atom. The van der Waals surface area contributed by atoms with Crippen molar-refractivity contribution < 1.29 is 4.74 Å². The van der Waals surface area contributed by atoms with E-state index in [1.807, 2.05) is 30.7 Å². The van der Waals surface area contributed by atoms with Crippen LogP contribution in [0, 0.1) is 6.92 Å². The second-order valence-electron chi connectivity index (χ2n) is 5.10. The molecule has 0 fully saturated rings. The number of ether oxygens (including phenoxy) is 1. The lowest BCUT2D eigenvalue weighted by atomic mass is 10.0. The van der Waals surface area contributed by atoms with Gasteiger partial charge in [-0.15, -0.1) is 10.2 Å². The topological polar surface area (TPSA) is 52.0 Å². The molecule has 1 atom stereocenters. The lowest BCUT2D eigenvalue weighted by Gasteiger charge is -2.16. The number of nitrogens with one attached hydrogen (secondary N) is 1. The summed E-state index contributed by atoms with van der Waals surface area (Å²) in [5.41, 5.74) is 1.29. The van der Waals surface area contributed by atoms with Gasteiger partial charge in [0.15, 0.2) is 5.82 Å². The van der Waals surface area contributed by atoms with Crippen molar-refractivity contribution in [2.75, 3.05) is 6.54 Å². The summed E-state index contributed by atoms with van der Waals surface area (Å²) in [6.07, 6.45) is 1.08. The average Bonchev–Trinajstić information content (AvgIpc) is 2.83. The monoisotopic (exact) mass is 288 g/mol. The van der Waals surface area contributed by atoms with Crippen LogP contribution in [0.1, 0.15) is 43.5 Å². The fraction of sp³-hybridized carbons (Fsp3) is 0.500. The van der Waals surface area contributed by atoms with E-state index in [4.69, 9.17) is 4.74 Å². The molecule has 0 amide bonds. The van der Waals surface area contributed by atoms with Crippen LogP contribution in [0.25, 0.3) is 0 Å². The average molecular weight is 288 g/mol. The van der Waals surface area contributed by atoms with Crippen LogP contribution in [-0.4, -0.2) is 21.3 Å². The highest BCUT2D eigenvalue weighted by Gasteiger charge is 2.08. The number of benzene rings is 1. The molecule has 2 aromatic rings. The Bertz CT molecular complexity index is 562. The van der Waals surface area contributed by atoms with Crippen molar-refractivity contribution in [1.82, 2.24) is 20.1 Å². The van der Waals surface area contributed by atoms with Crippen LogP contribution in [0.4, 0.5) is 0 Å². The lowest BCUT2D eigenvalue weighted by molar-refractivity contribution is 0.291. The molecule has 0 aliphatic carbocycles. The number of rotatable bonds is 7. The molecule has 114 valence electrons. The second kappa shape index (κ2) is 7.22. The fourth-order valence-electron chi connectivity index (χ4n) is 2.27. The van der Waals surface area contributed by atoms with E-state index in [0.717, 1.165) is 30.4 Å². The maximum absolute atomic E-state index is 5.77. The number of nitrogens with zero attached hydrogens (tertiary/aromatic N) is 3. The van der Waals surface area contributed by atoms with Crippen molar-refractivity contribution in [2.45, 2.75) is 39.8 Å². The summed E-state index contributed by atoms with van der Waals surface area (Å²) < 4.78 is 7.71. The van der Waals surface area contributed by atoms with Crippen LogP contribution in [0.3, 0.4) is 0 Å². The third kappa shape index (κ3) is 3.82. The zero-order valence-electron chi connectivity index (χ0n) is 13.3. The Morgan fingerprint density at radius 3 is 2.43 bits per heavy atom. The fourth-order valence-corrected chi connectivity index (χ4v) is 2.27. The highest BCUT2D eigenvalue weighted by atomic mass is 16.5. The molecule has 1 N–H and O–H groups in total. The maximum Gasteiger partial charge on any atom is 0.170 e. The van der Waals surface area contributed by atoms with Crippen LogP contribution in [0.15, 0.2) is 24.3 Å². The Morgan fingerprint density at radius 2 is 1.90 bits per heavy atom. The summed E-state index contributed by atoms with van der Waals surface area (Å²) in [6, 6.07) is 8.67. The summed E-state index contributed by atoms with van der Waals surface area (Å²) in [6.45, 7) is 7.65. The third-order valence-corrected chi connectivity index (χ3v) is 3.69. The van der Waals surface area contributed by atoms with Gasteiger partial charge in [-0.2, -0.15) is 0 Å². The predicted octanol–water partition coefficient (Wildman–Crippen LogP) is 2.76. The zero-order valence-corrected chi connectivity index (χ0v) is 13.3. The molecule has 0 bridgehead atoms. The van der Waals surface area contributed by atoms with Gasteiger partial charge in [0.1, 0.15) is 18.2 Å². The van der Waals surface area contributed by atoms with E-state index >= 15 is 0 Å². The molecular formula is C16H24N4O. The molecule has 0 saturated carbocycles. The van der Waals surface area contributed by atoms with Gasteiger partial charge in [-0.1, -0.05) is 26.0 Å². The van der Waals surface area contributed by atoms with Gasteiger partial charge in [0.05, 0.1) is 0 Å². The first kappa shape index (κ1) is 15.5. The molecule has 21 heavy (non-hydrogen) atoms. The molecule has 5 heteroatoms. The molecular weight excluding hydrogens is 264 g/mol. The highest BCUT2D eigenvalue weighted by Crippen LogP contribution is 2.20. The van der Waals surface area contributed by atoms with Gasteiger partial charge in [0.25, 0.3) is 0 Å². The number of aromatic nitrogens is 3. The van der Waals surface area contributed by atoms with Gasteiger partial charge < -0.3 is 14.6 Å². The largest absolute Gasteiger partial charge is 0.486 e. The van der Waals surface area contributed by atoms with Crippen molar-refractivity contribution in [3.05, 3.63) is 41.5 Å². The Balaban J connectivity index is 1.97. The molecule has 1 unspecified atom stereocenters. The Hall–Kier alpha value is -1.88. The third-order valence-electron chi connectivity index (χ3n) is 3.69. The summed E-state index contributed by atoms with van der Waals surface area (Å²) in [7, 11) is 1.94. The van der Waals surface area contributed by atoms with Crippen LogP contribution in [-0.2, 0) is 13.7 Å². The molecule has 1 aromatic heterocycles. The molecule has 0 spiro atoms. The first-order valence-corrected chi connectivity index (χ1v) is 7.46. The number of hydrogen-bond acceptors (Lipinski definition) is 4. The van der Waals surface area contributed by atoms with Crippen molar-refractivity contribution in [1.29, 1.82) is 0 Å². The van der Waals surface area contributed by atoms with Gasteiger partial charge in [0.2, 0.25) is 0 Å². The van der Waals surface area contributed by atoms with E-state index in [9.17, 15) is 0 Å². The molecule has 1 heterocycles. The minimum absolute atomic E-state index is 0.408. The molecule has 0 aliphatic rings. The minimum Gasteiger partial charge on any atom is -0.486 e. The molecule has 5 nitrogen and oxygen atoms in total. The molecule has 2 rings (SSSR count). The van der Waals surface area contributed by atoms with E-state index in [1.54, 1.807) is 0 Å². The van der Waals surface area contributed by atoms with E-state index in [1.165, 1.54) is 5.56 Å². The molecule has 0 saturated heterocycles. The minimum atomic E-state index is 0.408. The zero-order chi connectivity index (χ0) is 15.2. The van der Waals surface area contributed by atoms with Crippen LogP contribution >= 0.6 is 0 Å². The SMILES string of the molecule is CCNC(CC)c1ccc(OCc2nnc(C)n2C)cc1. The summed E-state index contributed by atoms with van der Waals surface area (Å²) in [4.78, 5) is 0. The number of aryl methyl sites for hydroxylation is 1. The second-order valence-corrected chi connectivity index (χ2v) is 5.10. The predicted molar refractivity (Wildman–Crippen MR) is 83.2 cm³/mol. The molecule has 0 aliphatic heterocycles. The van der Waals surface area contributed by atoms with Crippen molar-refractivity contribution in [2.24, 2.45) is 7.05 Å². The normalized spacial score (nSPS) is 12.4. The first-order valence-electron chi connectivity index (χ1n) is 7.46. The van der Waals surface area contributed by atoms with E-state index < -0.39 is 0 Å². The van der Waals surface area contributed by atoms with Crippen molar-refractivity contribution in [3.8, 4) is 5.75 Å². The number of hydrogen-bond donors (Lipinski definition) is 1. The standard InChI is InChI=1S/C16H24N4O/c1-5-15(17-6-2)13-7-9-14(10-8-13)21-11-16-19-18-12(3)20(16)4/h7-10,15,17H,5-6,11H2,1-4H3. The highest BCUT2D eigenvalue weighted by molar-refractivity contribution is 5.29. The first-order chi connectivity index (χ1) is 10.2. The molecule has 0 radical (unpaired) electrons. The van der Waals surface area contributed by atoms with Gasteiger partial charge in [0, 0.05) is 13.1 Å². The summed E-state index contributed by atoms with van der Waals surface area (Å²) in [5, 5.41) is 11.6. The van der Waals surface area contributed by atoms with E-state index in [-0.39, 0.29) is 0 Å². The van der Waals surface area contributed by atoms with Crippen molar-refractivity contribution in [3.63, 3.8) is 0 Å². The smallest absolute Gasteiger partial charge is 0.170 e. The van der Waals surface area contributed by atoms with E-state index in [0.29, 0.717) is 12.6 Å². The van der Waals surface area contributed by atoms with Gasteiger partial charge in [-0.25, -0.2) is 0 Å².